The summed E-state index contributed by atoms with van der Waals surface area (Å²) in [6.45, 7) is 1.97. The molecule has 5 nitrogen and oxygen atoms in total. The van der Waals surface area contributed by atoms with Gasteiger partial charge in [0.2, 0.25) is 0 Å². The van der Waals surface area contributed by atoms with Gasteiger partial charge in [-0.1, -0.05) is 18.2 Å². The Hall–Kier alpha value is -2.17. The third-order valence-corrected chi connectivity index (χ3v) is 2.34. The van der Waals surface area contributed by atoms with Crippen LogP contribution >= 0.6 is 0 Å². The van der Waals surface area contributed by atoms with Gasteiger partial charge in [-0.3, -0.25) is 14.7 Å². The van der Waals surface area contributed by atoms with Crippen molar-refractivity contribution >= 4 is 22.7 Å². The van der Waals surface area contributed by atoms with Crippen molar-refractivity contribution in [2.24, 2.45) is 0 Å². The van der Waals surface area contributed by atoms with Crippen LogP contribution in [0.4, 0.5) is 0 Å². The number of H-pyrrole nitrogens is 1. The Balaban J connectivity index is 2.22. The Morgan fingerprint density at radius 1 is 1.35 bits per heavy atom. The second-order valence-corrected chi connectivity index (χ2v) is 3.52. The first-order valence-electron chi connectivity index (χ1n) is 5.34. The summed E-state index contributed by atoms with van der Waals surface area (Å²) in [7, 11) is 0. The highest BCUT2D eigenvalue weighted by atomic mass is 16.5. The number of aromatic nitrogens is 2. The molecule has 0 spiro atoms. The molecule has 1 aromatic carbocycles. The largest absolute Gasteiger partial charge is 0.466 e. The lowest BCUT2D eigenvalue weighted by molar-refractivity contribution is -0.141. The number of esters is 1. The van der Waals surface area contributed by atoms with Crippen LogP contribution in [0.2, 0.25) is 0 Å². The molecule has 2 rings (SSSR count). The highest BCUT2D eigenvalue weighted by Crippen LogP contribution is 2.16. The van der Waals surface area contributed by atoms with E-state index in [0.29, 0.717) is 0 Å². The van der Waals surface area contributed by atoms with Crippen molar-refractivity contribution in [3.63, 3.8) is 0 Å². The number of benzene rings is 1. The highest BCUT2D eigenvalue weighted by molar-refractivity contribution is 6.11. The molecular formula is C12H12N2O3. The Bertz CT molecular complexity index is 560. The molecule has 1 N–H and O–H groups in total. The summed E-state index contributed by atoms with van der Waals surface area (Å²) < 4.78 is 4.72. The minimum absolute atomic E-state index is 0.271. The summed E-state index contributed by atoms with van der Waals surface area (Å²) in [5.41, 5.74) is 1.06. The summed E-state index contributed by atoms with van der Waals surface area (Å²) in [6.07, 6.45) is -0.275. The Labute approximate surface area is 97.8 Å². The number of fused-ring (bicyclic) bond motifs is 1. The van der Waals surface area contributed by atoms with Crippen molar-refractivity contribution in [1.29, 1.82) is 0 Å². The molecule has 0 aliphatic heterocycles. The van der Waals surface area contributed by atoms with Gasteiger partial charge in [0.05, 0.1) is 12.1 Å². The standard InChI is InChI=1S/C12H12N2O3/c1-2-17-11(16)7-10(15)12-8-5-3-4-6-9(8)13-14-12/h3-6H,2,7H2,1H3,(H,13,14). The average Bonchev–Trinajstić information content (AvgIpc) is 2.72. The second-order valence-electron chi connectivity index (χ2n) is 3.52. The van der Waals surface area contributed by atoms with Crippen molar-refractivity contribution in [3.05, 3.63) is 30.0 Å². The molecule has 0 radical (unpaired) electrons. The first-order valence-corrected chi connectivity index (χ1v) is 5.34. The van der Waals surface area contributed by atoms with Crippen LogP contribution in [0.3, 0.4) is 0 Å². The number of rotatable bonds is 4. The first-order chi connectivity index (χ1) is 8.22. The third-order valence-electron chi connectivity index (χ3n) is 2.34. The molecule has 0 bridgehead atoms. The minimum atomic E-state index is -0.524. The normalized spacial score (nSPS) is 10.4. The van der Waals surface area contributed by atoms with E-state index >= 15 is 0 Å². The van der Waals surface area contributed by atoms with E-state index < -0.39 is 5.97 Å². The van der Waals surface area contributed by atoms with Gasteiger partial charge in [-0.25, -0.2) is 0 Å². The third kappa shape index (κ3) is 2.33. The summed E-state index contributed by atoms with van der Waals surface area (Å²) >= 11 is 0. The van der Waals surface area contributed by atoms with Crippen molar-refractivity contribution in [3.8, 4) is 0 Å². The van der Waals surface area contributed by atoms with Gasteiger partial charge in [0.1, 0.15) is 12.1 Å². The van der Waals surface area contributed by atoms with E-state index in [4.69, 9.17) is 4.74 Å². The molecule has 0 unspecified atom stereocenters. The predicted octanol–water partition coefficient (Wildman–Crippen LogP) is 1.70. The van der Waals surface area contributed by atoms with Gasteiger partial charge >= 0.3 is 5.97 Å². The Morgan fingerprint density at radius 3 is 2.88 bits per heavy atom. The predicted molar refractivity (Wildman–Crippen MR) is 61.7 cm³/mol. The Morgan fingerprint density at radius 2 is 2.12 bits per heavy atom. The van der Waals surface area contributed by atoms with Crippen LogP contribution in [0.25, 0.3) is 10.9 Å². The van der Waals surface area contributed by atoms with Crippen molar-refractivity contribution in [2.75, 3.05) is 6.61 Å². The average molecular weight is 232 g/mol. The van der Waals surface area contributed by atoms with Crippen LogP contribution in [0.15, 0.2) is 24.3 Å². The number of ketones is 1. The SMILES string of the molecule is CCOC(=O)CC(=O)c1n[nH]c2ccccc12. The van der Waals surface area contributed by atoms with Gasteiger partial charge in [-0.15, -0.1) is 0 Å². The number of nitrogens with zero attached hydrogens (tertiary/aromatic N) is 1. The Kier molecular flexibility index (Phi) is 3.18. The van der Waals surface area contributed by atoms with Crippen LogP contribution in [0, 0.1) is 0 Å². The molecule has 0 atom stereocenters. The van der Waals surface area contributed by atoms with Crippen LogP contribution in [0.5, 0.6) is 0 Å². The van der Waals surface area contributed by atoms with Gasteiger partial charge in [0, 0.05) is 5.39 Å². The number of aromatic amines is 1. The fourth-order valence-corrected chi connectivity index (χ4v) is 1.60. The summed E-state index contributed by atoms with van der Waals surface area (Å²) in [5, 5.41) is 7.40. The molecule has 17 heavy (non-hydrogen) atoms. The maximum atomic E-state index is 11.8. The van der Waals surface area contributed by atoms with Crippen LogP contribution in [0.1, 0.15) is 23.8 Å². The number of carbonyl (C=O) groups is 2. The fourth-order valence-electron chi connectivity index (χ4n) is 1.60. The topological polar surface area (TPSA) is 72.1 Å². The van der Waals surface area contributed by atoms with E-state index in [1.54, 1.807) is 13.0 Å². The highest BCUT2D eigenvalue weighted by Gasteiger charge is 2.17. The molecule has 1 heterocycles. The maximum Gasteiger partial charge on any atom is 0.313 e. The van der Waals surface area contributed by atoms with Crippen molar-refractivity contribution in [2.45, 2.75) is 13.3 Å². The number of para-hydroxylation sites is 1. The molecule has 0 amide bonds. The summed E-state index contributed by atoms with van der Waals surface area (Å²) in [5.74, 6) is -0.856. The maximum absolute atomic E-state index is 11.8. The van der Waals surface area contributed by atoms with Gasteiger partial charge < -0.3 is 4.74 Å². The zero-order valence-electron chi connectivity index (χ0n) is 9.40. The smallest absolute Gasteiger partial charge is 0.313 e. The number of ether oxygens (including phenoxy) is 1. The zero-order chi connectivity index (χ0) is 12.3. The van der Waals surface area contributed by atoms with Crippen molar-refractivity contribution < 1.29 is 14.3 Å². The van der Waals surface area contributed by atoms with E-state index in [-0.39, 0.29) is 24.5 Å². The number of Topliss-reactive ketones (excluding diaryl/α,β-unsaturated/α-hetero) is 1. The quantitative estimate of drug-likeness (QED) is 0.494. The van der Waals surface area contributed by atoms with Crippen LogP contribution in [-0.2, 0) is 9.53 Å². The monoisotopic (exact) mass is 232 g/mol. The number of nitrogens with one attached hydrogen (secondary N) is 1. The van der Waals surface area contributed by atoms with E-state index in [1.807, 2.05) is 18.2 Å². The number of hydrogen-bond donors (Lipinski definition) is 1. The van der Waals surface area contributed by atoms with Gasteiger partial charge in [0.25, 0.3) is 0 Å². The molecule has 2 aromatic rings. The minimum Gasteiger partial charge on any atom is -0.466 e. The summed E-state index contributed by atoms with van der Waals surface area (Å²) in [4.78, 5) is 23.0. The molecule has 1 aromatic heterocycles. The lowest BCUT2D eigenvalue weighted by atomic mass is 10.1. The lowest BCUT2D eigenvalue weighted by Crippen LogP contribution is -2.11. The molecule has 0 saturated carbocycles. The number of hydrogen-bond acceptors (Lipinski definition) is 4. The van der Waals surface area contributed by atoms with Crippen molar-refractivity contribution in [1.82, 2.24) is 10.2 Å². The van der Waals surface area contributed by atoms with Gasteiger partial charge in [-0.05, 0) is 13.0 Å². The molecule has 0 fully saturated rings. The molecule has 88 valence electrons. The number of carbonyl (C=O) groups excluding carboxylic acids is 2. The zero-order valence-corrected chi connectivity index (χ0v) is 9.40. The van der Waals surface area contributed by atoms with E-state index in [9.17, 15) is 9.59 Å². The van der Waals surface area contributed by atoms with E-state index in [1.165, 1.54) is 0 Å². The molecule has 0 aliphatic carbocycles. The molecular weight excluding hydrogens is 220 g/mol. The van der Waals surface area contributed by atoms with E-state index in [0.717, 1.165) is 10.9 Å². The fraction of sp³-hybridized carbons (Fsp3) is 0.250. The molecule has 5 heteroatoms. The first kappa shape index (κ1) is 11.3. The second kappa shape index (κ2) is 4.78. The van der Waals surface area contributed by atoms with Gasteiger partial charge in [0.15, 0.2) is 5.78 Å². The van der Waals surface area contributed by atoms with E-state index in [2.05, 4.69) is 10.2 Å². The van der Waals surface area contributed by atoms with Crippen LogP contribution < -0.4 is 0 Å². The van der Waals surface area contributed by atoms with Gasteiger partial charge in [-0.2, -0.15) is 5.10 Å². The molecule has 0 saturated heterocycles. The molecule has 0 aliphatic rings. The summed E-state index contributed by atoms with van der Waals surface area (Å²) in [6, 6.07) is 7.28. The van der Waals surface area contributed by atoms with Crippen LogP contribution in [-0.4, -0.2) is 28.6 Å². The lowest BCUT2D eigenvalue weighted by Gasteiger charge is -1.99.